The number of aromatic hydroxyl groups is 1. The standard InChI is InChI=1S/C24H24N2O3/c27-20-10-7-17(8-11-20)21-5-1-4-18-16-19(9-12-22(18)21)24(29)25-13-3-15-26-14-2-6-23(26)28/h1,4-5,7-12,16,27H,2-3,6,13-15H2,(H,25,29). The van der Waals surface area contributed by atoms with Crippen LogP contribution in [0.1, 0.15) is 29.6 Å². The third kappa shape index (κ3) is 4.24. The molecule has 0 unspecified atom stereocenters. The van der Waals surface area contributed by atoms with Gasteiger partial charge in [0.15, 0.2) is 0 Å². The normalized spacial score (nSPS) is 13.8. The molecule has 5 heteroatoms. The molecular formula is C24H24N2O3. The first-order valence-corrected chi connectivity index (χ1v) is 10.00. The highest BCUT2D eigenvalue weighted by Crippen LogP contribution is 2.30. The number of carbonyl (C=O) groups is 2. The fourth-order valence-electron chi connectivity index (χ4n) is 3.83. The predicted molar refractivity (Wildman–Crippen MR) is 114 cm³/mol. The summed E-state index contributed by atoms with van der Waals surface area (Å²) in [6, 6.07) is 18.8. The zero-order valence-corrected chi connectivity index (χ0v) is 16.2. The van der Waals surface area contributed by atoms with E-state index in [-0.39, 0.29) is 17.6 Å². The summed E-state index contributed by atoms with van der Waals surface area (Å²) in [6.07, 6.45) is 2.35. The minimum Gasteiger partial charge on any atom is -0.508 e. The largest absolute Gasteiger partial charge is 0.508 e. The van der Waals surface area contributed by atoms with Crippen molar-refractivity contribution in [3.05, 3.63) is 66.2 Å². The minimum atomic E-state index is -0.102. The maximum absolute atomic E-state index is 12.5. The van der Waals surface area contributed by atoms with Crippen molar-refractivity contribution in [2.75, 3.05) is 19.6 Å². The highest BCUT2D eigenvalue weighted by atomic mass is 16.3. The van der Waals surface area contributed by atoms with Gasteiger partial charge in [-0.15, -0.1) is 0 Å². The molecule has 2 N–H and O–H groups in total. The van der Waals surface area contributed by atoms with Crippen LogP contribution in [0.15, 0.2) is 60.7 Å². The summed E-state index contributed by atoms with van der Waals surface area (Å²) >= 11 is 0. The Hall–Kier alpha value is -3.34. The van der Waals surface area contributed by atoms with Gasteiger partial charge in [0, 0.05) is 31.6 Å². The monoisotopic (exact) mass is 388 g/mol. The van der Waals surface area contributed by atoms with Gasteiger partial charge in [0.25, 0.3) is 5.91 Å². The second kappa shape index (κ2) is 8.35. The summed E-state index contributed by atoms with van der Waals surface area (Å²) in [5.41, 5.74) is 2.70. The van der Waals surface area contributed by atoms with Crippen molar-refractivity contribution in [3.63, 3.8) is 0 Å². The molecule has 29 heavy (non-hydrogen) atoms. The molecule has 0 saturated carbocycles. The molecule has 0 aliphatic carbocycles. The van der Waals surface area contributed by atoms with E-state index in [0.29, 0.717) is 25.1 Å². The number of likely N-dealkylation sites (tertiary alicyclic amines) is 1. The Balaban J connectivity index is 1.44. The van der Waals surface area contributed by atoms with Crippen LogP contribution in [0.25, 0.3) is 21.9 Å². The van der Waals surface area contributed by atoms with Gasteiger partial charge in [-0.2, -0.15) is 0 Å². The number of nitrogens with one attached hydrogen (secondary N) is 1. The highest BCUT2D eigenvalue weighted by Gasteiger charge is 2.19. The SMILES string of the molecule is O=C(NCCCN1CCCC1=O)c1ccc2c(-c3ccc(O)cc3)cccc2c1. The second-order valence-corrected chi connectivity index (χ2v) is 7.38. The lowest BCUT2D eigenvalue weighted by atomic mass is 9.97. The Morgan fingerprint density at radius 3 is 2.66 bits per heavy atom. The molecule has 0 spiro atoms. The van der Waals surface area contributed by atoms with Crippen molar-refractivity contribution in [2.45, 2.75) is 19.3 Å². The van der Waals surface area contributed by atoms with Crippen LogP contribution < -0.4 is 5.32 Å². The van der Waals surface area contributed by atoms with Gasteiger partial charge in [0.1, 0.15) is 5.75 Å². The lowest BCUT2D eigenvalue weighted by Gasteiger charge is -2.15. The summed E-state index contributed by atoms with van der Waals surface area (Å²) in [5, 5.41) is 14.5. The highest BCUT2D eigenvalue weighted by molar-refractivity contribution is 6.02. The predicted octanol–water partition coefficient (Wildman–Crippen LogP) is 3.95. The average molecular weight is 388 g/mol. The van der Waals surface area contributed by atoms with Crippen LogP contribution >= 0.6 is 0 Å². The van der Waals surface area contributed by atoms with Gasteiger partial charge in [-0.25, -0.2) is 0 Å². The third-order valence-corrected chi connectivity index (χ3v) is 5.38. The first-order chi connectivity index (χ1) is 14.1. The van der Waals surface area contributed by atoms with Crippen LogP contribution in [0.4, 0.5) is 0 Å². The van der Waals surface area contributed by atoms with Gasteiger partial charge in [0.05, 0.1) is 0 Å². The van der Waals surface area contributed by atoms with Gasteiger partial charge in [-0.05, 0) is 59.0 Å². The van der Waals surface area contributed by atoms with E-state index in [1.165, 1.54) is 0 Å². The van der Waals surface area contributed by atoms with E-state index in [9.17, 15) is 14.7 Å². The number of nitrogens with zero attached hydrogens (tertiary/aromatic N) is 1. The summed E-state index contributed by atoms with van der Waals surface area (Å²) in [6.45, 7) is 2.09. The molecule has 0 aromatic heterocycles. The van der Waals surface area contributed by atoms with Crippen LogP contribution in [0, 0.1) is 0 Å². The lowest BCUT2D eigenvalue weighted by molar-refractivity contribution is -0.127. The molecule has 1 saturated heterocycles. The fourth-order valence-corrected chi connectivity index (χ4v) is 3.83. The zero-order chi connectivity index (χ0) is 20.2. The van der Waals surface area contributed by atoms with E-state index < -0.39 is 0 Å². The molecule has 1 heterocycles. The first kappa shape index (κ1) is 19.0. The lowest BCUT2D eigenvalue weighted by Crippen LogP contribution is -2.30. The van der Waals surface area contributed by atoms with Crippen molar-refractivity contribution < 1.29 is 14.7 Å². The van der Waals surface area contributed by atoms with Crippen LogP contribution in [-0.2, 0) is 4.79 Å². The molecular weight excluding hydrogens is 364 g/mol. The topological polar surface area (TPSA) is 69.6 Å². The maximum atomic E-state index is 12.5. The van der Waals surface area contributed by atoms with E-state index in [4.69, 9.17) is 0 Å². The molecule has 1 aliphatic heterocycles. The number of carbonyl (C=O) groups excluding carboxylic acids is 2. The maximum Gasteiger partial charge on any atom is 0.251 e. The molecule has 148 valence electrons. The Morgan fingerprint density at radius 1 is 1.07 bits per heavy atom. The number of amides is 2. The zero-order valence-electron chi connectivity index (χ0n) is 16.2. The number of hydrogen-bond acceptors (Lipinski definition) is 3. The fraction of sp³-hybridized carbons (Fsp3) is 0.250. The molecule has 1 fully saturated rings. The van der Waals surface area contributed by atoms with Crippen LogP contribution in [0.3, 0.4) is 0 Å². The van der Waals surface area contributed by atoms with Crippen molar-refractivity contribution in [3.8, 4) is 16.9 Å². The van der Waals surface area contributed by atoms with Crippen LogP contribution in [0.5, 0.6) is 5.75 Å². The van der Waals surface area contributed by atoms with Gasteiger partial charge in [-0.1, -0.05) is 36.4 Å². The quantitative estimate of drug-likeness (QED) is 0.628. The van der Waals surface area contributed by atoms with Crippen molar-refractivity contribution >= 4 is 22.6 Å². The molecule has 0 radical (unpaired) electrons. The van der Waals surface area contributed by atoms with Gasteiger partial charge in [-0.3, -0.25) is 9.59 Å². The Bertz CT molecular complexity index is 1040. The molecule has 4 rings (SSSR count). The van der Waals surface area contributed by atoms with Crippen molar-refractivity contribution in [1.29, 1.82) is 0 Å². The summed E-state index contributed by atoms with van der Waals surface area (Å²) < 4.78 is 0. The molecule has 2 amide bonds. The molecule has 3 aromatic carbocycles. The summed E-state index contributed by atoms with van der Waals surface area (Å²) in [5.74, 6) is 0.354. The number of phenolic OH excluding ortho intramolecular Hbond substituents is 1. The molecule has 1 aliphatic rings. The van der Waals surface area contributed by atoms with Gasteiger partial charge in [0.2, 0.25) is 5.91 Å². The van der Waals surface area contributed by atoms with Crippen LogP contribution in [0.2, 0.25) is 0 Å². The smallest absolute Gasteiger partial charge is 0.251 e. The molecule has 5 nitrogen and oxygen atoms in total. The minimum absolute atomic E-state index is 0.102. The van der Waals surface area contributed by atoms with E-state index in [2.05, 4.69) is 5.32 Å². The molecule has 0 atom stereocenters. The Kier molecular flexibility index (Phi) is 5.47. The summed E-state index contributed by atoms with van der Waals surface area (Å²) in [7, 11) is 0. The van der Waals surface area contributed by atoms with Gasteiger partial charge < -0.3 is 15.3 Å². The van der Waals surface area contributed by atoms with Crippen molar-refractivity contribution in [2.24, 2.45) is 0 Å². The number of fused-ring (bicyclic) bond motifs is 1. The Labute approximate surface area is 170 Å². The van der Waals surface area contributed by atoms with E-state index in [0.717, 1.165) is 41.3 Å². The number of benzene rings is 3. The van der Waals surface area contributed by atoms with Gasteiger partial charge >= 0.3 is 0 Å². The van der Waals surface area contributed by atoms with E-state index in [1.54, 1.807) is 12.1 Å². The van der Waals surface area contributed by atoms with Crippen molar-refractivity contribution in [1.82, 2.24) is 10.2 Å². The van der Waals surface area contributed by atoms with Crippen LogP contribution in [-0.4, -0.2) is 41.5 Å². The van der Waals surface area contributed by atoms with E-state index >= 15 is 0 Å². The average Bonchev–Trinajstić information content (AvgIpc) is 3.15. The Morgan fingerprint density at radius 2 is 1.90 bits per heavy atom. The number of rotatable bonds is 6. The third-order valence-electron chi connectivity index (χ3n) is 5.38. The molecule has 3 aromatic rings. The first-order valence-electron chi connectivity index (χ1n) is 10.00. The van der Waals surface area contributed by atoms with E-state index in [1.807, 2.05) is 53.4 Å². The number of hydrogen-bond donors (Lipinski definition) is 2. The second-order valence-electron chi connectivity index (χ2n) is 7.38. The molecule has 0 bridgehead atoms. The summed E-state index contributed by atoms with van der Waals surface area (Å²) in [4.78, 5) is 26.0. The number of phenols is 1.